The molecule has 2 saturated heterocycles. The molecule has 1 saturated carbocycles. The molecule has 15 heteroatoms. The molecule has 3 aliphatic rings. The van der Waals surface area contributed by atoms with Gasteiger partial charge in [-0.15, -0.1) is 0 Å². The van der Waals surface area contributed by atoms with Crippen LogP contribution >= 0.6 is 0 Å². The highest BCUT2D eigenvalue weighted by molar-refractivity contribution is 5.88. The second-order valence-electron chi connectivity index (χ2n) is 22.1. The number of aromatic amines is 2. The van der Waals surface area contributed by atoms with Crippen molar-refractivity contribution in [2.75, 3.05) is 27.3 Å². The van der Waals surface area contributed by atoms with Gasteiger partial charge >= 0.3 is 12.2 Å². The van der Waals surface area contributed by atoms with E-state index in [4.69, 9.17) is 19.4 Å². The molecule has 4 amide bonds. The Bertz CT molecular complexity index is 2730. The first-order valence-electron chi connectivity index (χ1n) is 26.0. The van der Waals surface area contributed by atoms with E-state index < -0.39 is 35.1 Å². The van der Waals surface area contributed by atoms with Crippen molar-refractivity contribution in [3.8, 4) is 50.7 Å². The van der Waals surface area contributed by atoms with Crippen LogP contribution in [-0.2, 0) is 19.1 Å². The number of rotatable bonds is 12. The van der Waals surface area contributed by atoms with E-state index in [9.17, 15) is 19.2 Å². The molecule has 4 unspecified atom stereocenters. The van der Waals surface area contributed by atoms with Gasteiger partial charge in [0.25, 0.3) is 0 Å². The van der Waals surface area contributed by atoms with Crippen molar-refractivity contribution in [2.45, 2.75) is 129 Å². The lowest BCUT2D eigenvalue weighted by Gasteiger charge is -2.35. The Labute approximate surface area is 428 Å². The first-order chi connectivity index (χ1) is 35.0. The Morgan fingerprint density at radius 1 is 0.548 bits per heavy atom. The van der Waals surface area contributed by atoms with E-state index in [0.29, 0.717) is 19.0 Å². The van der Waals surface area contributed by atoms with Gasteiger partial charge in [-0.25, -0.2) is 19.6 Å². The van der Waals surface area contributed by atoms with Gasteiger partial charge in [-0.2, -0.15) is 0 Å². The number of methoxy groups -OCH3 is 2. The number of hydrogen-bond acceptors (Lipinski definition) is 8. The predicted octanol–water partition coefficient (Wildman–Crippen LogP) is 11.5. The predicted molar refractivity (Wildman–Crippen MR) is 283 cm³/mol. The molecule has 6 aromatic rings. The van der Waals surface area contributed by atoms with Crippen molar-refractivity contribution >= 4 is 24.0 Å². The molecule has 3 aromatic heterocycles. The summed E-state index contributed by atoms with van der Waals surface area (Å²) in [6.45, 7) is 12.8. The Kier molecular flexibility index (Phi) is 14.7. The number of aromatic nitrogens is 5. The van der Waals surface area contributed by atoms with Crippen LogP contribution in [-0.4, -0.2) is 97.7 Å². The van der Waals surface area contributed by atoms with Gasteiger partial charge < -0.3 is 44.4 Å². The summed E-state index contributed by atoms with van der Waals surface area (Å²) in [7, 11) is 2.60. The lowest BCUT2D eigenvalue weighted by molar-refractivity contribution is -0.137. The molecular weight excluding hydrogens is 919 g/mol. The summed E-state index contributed by atoms with van der Waals surface area (Å²) < 4.78 is 12.1. The minimum absolute atomic E-state index is 0.151. The number of hydrogen-bond donors (Lipinski definition) is 4. The molecule has 2 aliphatic heterocycles. The fourth-order valence-electron chi connectivity index (χ4n) is 11.1. The monoisotopic (exact) mass is 990 g/mol. The van der Waals surface area contributed by atoms with E-state index >= 15 is 0 Å². The van der Waals surface area contributed by atoms with E-state index in [2.05, 4.69) is 110 Å². The van der Waals surface area contributed by atoms with Gasteiger partial charge in [-0.05, 0) is 107 Å². The quantitative estimate of drug-likeness (QED) is 0.0935. The Hall–Kier alpha value is -7.16. The molecule has 1 aliphatic carbocycles. The van der Waals surface area contributed by atoms with Crippen LogP contribution in [0.5, 0.6) is 0 Å². The SMILES string of the molecule is COC(=O)NC(C(=O)N1CCCC1c1ncc(-c2ccc(-c3ccc(-c4ccc(-c5cnc(C6CCCN6C(=O)C(NC(=O)OC)C(C)(C)C)[nH]5)cc4)n3-c3ccc(C4CCCCC4)cc3)cc2)[nH]1)C(C)(C)C. The third kappa shape index (κ3) is 10.8. The van der Waals surface area contributed by atoms with Crippen molar-refractivity contribution in [3.05, 3.63) is 115 Å². The minimum Gasteiger partial charge on any atom is -0.453 e. The third-order valence-corrected chi connectivity index (χ3v) is 15.1. The van der Waals surface area contributed by atoms with Crippen LogP contribution in [0.1, 0.15) is 135 Å². The molecule has 73 heavy (non-hydrogen) atoms. The zero-order valence-electron chi connectivity index (χ0n) is 43.6. The van der Waals surface area contributed by atoms with Crippen molar-refractivity contribution in [3.63, 3.8) is 0 Å². The van der Waals surface area contributed by atoms with Crippen molar-refractivity contribution in [1.29, 1.82) is 0 Å². The summed E-state index contributed by atoms with van der Waals surface area (Å²) in [5.74, 6) is 1.74. The van der Waals surface area contributed by atoms with Crippen LogP contribution in [0.25, 0.3) is 50.7 Å². The molecule has 9 rings (SSSR count). The summed E-state index contributed by atoms with van der Waals surface area (Å²) >= 11 is 0. The van der Waals surface area contributed by atoms with E-state index in [1.54, 1.807) is 0 Å². The molecule has 3 fully saturated rings. The molecule has 4 N–H and O–H groups in total. The summed E-state index contributed by atoms with van der Waals surface area (Å²) in [6.07, 6.45) is 12.0. The number of alkyl carbamates (subject to hydrolysis) is 2. The molecule has 5 heterocycles. The molecule has 0 spiro atoms. The smallest absolute Gasteiger partial charge is 0.407 e. The van der Waals surface area contributed by atoms with Crippen LogP contribution in [0.3, 0.4) is 0 Å². The van der Waals surface area contributed by atoms with Crippen LogP contribution < -0.4 is 10.6 Å². The highest BCUT2D eigenvalue weighted by atomic mass is 16.5. The van der Waals surface area contributed by atoms with E-state index in [0.717, 1.165) is 88.0 Å². The average molecular weight is 990 g/mol. The molecule has 15 nitrogen and oxygen atoms in total. The Morgan fingerprint density at radius 2 is 0.959 bits per heavy atom. The zero-order chi connectivity index (χ0) is 51.6. The van der Waals surface area contributed by atoms with E-state index in [1.165, 1.54) is 51.9 Å². The number of likely N-dealkylation sites (tertiary alicyclic amines) is 2. The zero-order valence-corrected chi connectivity index (χ0v) is 43.6. The average Bonchev–Trinajstić information content (AvgIpc) is 4.26. The maximum absolute atomic E-state index is 14.0. The highest BCUT2D eigenvalue weighted by Gasteiger charge is 2.43. The van der Waals surface area contributed by atoms with Crippen molar-refractivity contribution in [1.82, 2.24) is 44.9 Å². The molecular formula is C58H71N9O6. The number of amides is 4. The number of benzene rings is 3. The van der Waals surface area contributed by atoms with Gasteiger partial charge in [-0.1, -0.05) is 121 Å². The summed E-state index contributed by atoms with van der Waals surface area (Å²) in [6, 6.07) is 28.6. The van der Waals surface area contributed by atoms with Crippen LogP contribution in [0.4, 0.5) is 9.59 Å². The first-order valence-corrected chi connectivity index (χ1v) is 26.0. The van der Waals surface area contributed by atoms with Crippen molar-refractivity contribution < 1.29 is 28.7 Å². The fourth-order valence-corrected chi connectivity index (χ4v) is 11.1. The standard InChI is InChI=1S/C58H71N9O6/c1-57(2,3)49(63-55(70)72-7)53(68)65-32-12-16-47(65)51-59-34-43(61-51)38-18-22-40(23-19-38)45-30-31-46(67(45)42-28-26-37(27-29-42)36-14-10-9-11-15-36)41-24-20-39(21-25-41)44-35-60-52(62-44)48-17-13-33-66(48)54(69)50(58(4,5)6)64-56(71)73-8/h18-31,34-36,47-50H,9-17,32-33H2,1-8H3,(H,59,61)(H,60,62)(H,63,70)(H,64,71). The summed E-state index contributed by atoms with van der Waals surface area (Å²) in [5.41, 5.74) is 9.31. The molecule has 0 radical (unpaired) electrons. The second kappa shape index (κ2) is 21.1. The largest absolute Gasteiger partial charge is 0.453 e. The summed E-state index contributed by atoms with van der Waals surface area (Å²) in [4.78, 5) is 72.8. The van der Waals surface area contributed by atoms with Gasteiger partial charge in [0.1, 0.15) is 23.7 Å². The third-order valence-electron chi connectivity index (χ3n) is 15.1. The number of nitrogens with zero attached hydrogens (tertiary/aromatic N) is 5. The van der Waals surface area contributed by atoms with Crippen LogP contribution in [0.15, 0.2) is 97.3 Å². The molecule has 0 bridgehead atoms. The number of H-pyrrole nitrogens is 2. The highest BCUT2D eigenvalue weighted by Crippen LogP contribution is 2.39. The first kappa shape index (κ1) is 50.8. The fraction of sp³-hybridized carbons (Fsp3) is 0.448. The van der Waals surface area contributed by atoms with Gasteiger partial charge in [0.15, 0.2) is 0 Å². The van der Waals surface area contributed by atoms with Gasteiger partial charge in [0.05, 0.1) is 61.5 Å². The number of carbonyl (C=O) groups is 4. The minimum atomic E-state index is -0.755. The van der Waals surface area contributed by atoms with Gasteiger partial charge in [0.2, 0.25) is 11.8 Å². The number of carbonyl (C=O) groups excluding carboxylic acids is 4. The molecule has 3 aromatic carbocycles. The molecule has 4 atom stereocenters. The van der Waals surface area contributed by atoms with Gasteiger partial charge in [-0.3, -0.25) is 9.59 Å². The molecule has 384 valence electrons. The maximum atomic E-state index is 14.0. The second-order valence-corrected chi connectivity index (χ2v) is 22.1. The summed E-state index contributed by atoms with van der Waals surface area (Å²) in [5, 5.41) is 5.54. The van der Waals surface area contributed by atoms with E-state index in [1.807, 2.05) is 63.7 Å². The Morgan fingerprint density at radius 3 is 1.36 bits per heavy atom. The van der Waals surface area contributed by atoms with Gasteiger partial charge in [0, 0.05) is 18.8 Å². The number of imidazole rings is 2. The van der Waals surface area contributed by atoms with Crippen LogP contribution in [0, 0.1) is 10.8 Å². The van der Waals surface area contributed by atoms with Crippen LogP contribution in [0.2, 0.25) is 0 Å². The number of nitrogens with one attached hydrogen (secondary N) is 4. The van der Waals surface area contributed by atoms with Crippen molar-refractivity contribution in [2.24, 2.45) is 10.8 Å². The lowest BCUT2D eigenvalue weighted by atomic mass is 9.84. The normalized spacial score (nSPS) is 18.4. The lowest BCUT2D eigenvalue weighted by Crippen LogP contribution is -2.54. The maximum Gasteiger partial charge on any atom is 0.407 e. The topological polar surface area (TPSA) is 180 Å². The van der Waals surface area contributed by atoms with E-state index in [-0.39, 0.29) is 23.9 Å². The Balaban J connectivity index is 0.970. The number of ether oxygens (including phenoxy) is 2.